The van der Waals surface area contributed by atoms with Crippen molar-refractivity contribution in [2.75, 3.05) is 5.32 Å². The van der Waals surface area contributed by atoms with E-state index in [4.69, 9.17) is 11.6 Å². The Balaban J connectivity index is 1.47. The molecule has 0 radical (unpaired) electrons. The number of amides is 1. The maximum Gasteiger partial charge on any atom is 0.228 e. The molecule has 4 nitrogen and oxygen atoms in total. The highest BCUT2D eigenvalue weighted by molar-refractivity contribution is 6.30. The first-order valence-electron chi connectivity index (χ1n) is 7.71. The second kappa shape index (κ2) is 5.70. The number of aromatic amines is 1. The summed E-state index contributed by atoms with van der Waals surface area (Å²) in [6.07, 6.45) is 2.75. The van der Waals surface area contributed by atoms with E-state index in [0.717, 1.165) is 28.1 Å². The van der Waals surface area contributed by atoms with Crippen molar-refractivity contribution >= 4 is 34.2 Å². The number of imidazole rings is 1. The fourth-order valence-corrected chi connectivity index (χ4v) is 2.78. The van der Waals surface area contributed by atoms with Gasteiger partial charge in [-0.2, -0.15) is 0 Å². The summed E-state index contributed by atoms with van der Waals surface area (Å²) in [5.41, 5.74) is 3.63. The van der Waals surface area contributed by atoms with Crippen LogP contribution in [0.25, 0.3) is 11.0 Å². The summed E-state index contributed by atoms with van der Waals surface area (Å²) in [7, 11) is 0. The zero-order valence-electron chi connectivity index (χ0n) is 12.5. The SMILES string of the molecule is O=C(Cc1ccc(Cl)cc1)Nc1ccc2nc(C3CC3)[nH]c2c1. The van der Waals surface area contributed by atoms with Crippen molar-refractivity contribution in [2.24, 2.45) is 0 Å². The summed E-state index contributed by atoms with van der Waals surface area (Å²) in [5, 5.41) is 3.60. The highest BCUT2D eigenvalue weighted by atomic mass is 35.5. The van der Waals surface area contributed by atoms with Crippen molar-refractivity contribution in [3.8, 4) is 0 Å². The quantitative estimate of drug-likeness (QED) is 0.752. The normalized spacial score (nSPS) is 14.1. The van der Waals surface area contributed by atoms with Crippen LogP contribution < -0.4 is 5.32 Å². The molecule has 0 atom stereocenters. The van der Waals surface area contributed by atoms with Crippen LogP contribution >= 0.6 is 11.6 Å². The van der Waals surface area contributed by atoms with Crippen LogP contribution in [0.5, 0.6) is 0 Å². The van der Waals surface area contributed by atoms with Gasteiger partial charge in [0.1, 0.15) is 5.82 Å². The number of carbonyl (C=O) groups is 1. The van der Waals surface area contributed by atoms with Gasteiger partial charge in [0, 0.05) is 16.6 Å². The van der Waals surface area contributed by atoms with Gasteiger partial charge in [-0.05, 0) is 48.7 Å². The Kier molecular flexibility index (Phi) is 3.54. The molecule has 116 valence electrons. The molecular formula is C18H16ClN3O. The molecule has 0 unspecified atom stereocenters. The first-order valence-corrected chi connectivity index (χ1v) is 8.09. The van der Waals surface area contributed by atoms with E-state index in [1.807, 2.05) is 30.3 Å². The van der Waals surface area contributed by atoms with E-state index in [1.165, 1.54) is 12.8 Å². The molecule has 0 aliphatic heterocycles. The summed E-state index contributed by atoms with van der Waals surface area (Å²) in [6.45, 7) is 0. The highest BCUT2D eigenvalue weighted by Gasteiger charge is 2.26. The van der Waals surface area contributed by atoms with Crippen LogP contribution in [0.1, 0.15) is 30.1 Å². The van der Waals surface area contributed by atoms with Gasteiger partial charge in [-0.25, -0.2) is 4.98 Å². The van der Waals surface area contributed by atoms with Crippen molar-refractivity contribution in [3.63, 3.8) is 0 Å². The van der Waals surface area contributed by atoms with E-state index >= 15 is 0 Å². The first kappa shape index (κ1) is 14.3. The number of fused-ring (bicyclic) bond motifs is 1. The summed E-state index contributed by atoms with van der Waals surface area (Å²) >= 11 is 5.85. The number of hydrogen-bond donors (Lipinski definition) is 2. The molecule has 1 aliphatic rings. The molecule has 3 aromatic rings. The second-order valence-corrected chi connectivity index (χ2v) is 6.42. The van der Waals surface area contributed by atoms with Crippen LogP contribution in [0.2, 0.25) is 5.02 Å². The monoisotopic (exact) mass is 325 g/mol. The Labute approximate surface area is 138 Å². The van der Waals surface area contributed by atoms with E-state index < -0.39 is 0 Å². The maximum absolute atomic E-state index is 12.2. The summed E-state index contributed by atoms with van der Waals surface area (Å²) in [4.78, 5) is 20.1. The Morgan fingerprint density at radius 3 is 2.74 bits per heavy atom. The smallest absolute Gasteiger partial charge is 0.228 e. The number of H-pyrrole nitrogens is 1. The Morgan fingerprint density at radius 1 is 1.22 bits per heavy atom. The van der Waals surface area contributed by atoms with Crippen molar-refractivity contribution in [1.29, 1.82) is 0 Å². The molecule has 2 N–H and O–H groups in total. The number of nitrogens with zero attached hydrogens (tertiary/aromatic N) is 1. The third-order valence-corrected chi connectivity index (χ3v) is 4.28. The van der Waals surface area contributed by atoms with Crippen LogP contribution in [0.4, 0.5) is 5.69 Å². The lowest BCUT2D eigenvalue weighted by Gasteiger charge is -2.05. The Hall–Kier alpha value is -2.33. The molecule has 4 rings (SSSR count). The fourth-order valence-electron chi connectivity index (χ4n) is 2.65. The van der Waals surface area contributed by atoms with Crippen molar-refractivity contribution in [1.82, 2.24) is 9.97 Å². The molecule has 23 heavy (non-hydrogen) atoms. The molecule has 1 amide bonds. The van der Waals surface area contributed by atoms with Crippen LogP contribution in [0.15, 0.2) is 42.5 Å². The number of carbonyl (C=O) groups excluding carboxylic acids is 1. The molecular weight excluding hydrogens is 310 g/mol. The van der Waals surface area contributed by atoms with Crippen LogP contribution in [-0.2, 0) is 11.2 Å². The zero-order valence-corrected chi connectivity index (χ0v) is 13.2. The lowest BCUT2D eigenvalue weighted by Crippen LogP contribution is -2.14. The lowest BCUT2D eigenvalue weighted by atomic mass is 10.1. The highest BCUT2D eigenvalue weighted by Crippen LogP contribution is 2.39. The van der Waals surface area contributed by atoms with Crippen molar-refractivity contribution < 1.29 is 4.79 Å². The van der Waals surface area contributed by atoms with Crippen LogP contribution in [0.3, 0.4) is 0 Å². The molecule has 0 bridgehead atoms. The van der Waals surface area contributed by atoms with Gasteiger partial charge in [0.25, 0.3) is 0 Å². The van der Waals surface area contributed by atoms with Gasteiger partial charge in [0.15, 0.2) is 0 Å². The average Bonchev–Trinajstić information content (AvgIpc) is 3.29. The molecule has 1 aromatic heterocycles. The maximum atomic E-state index is 12.2. The van der Waals surface area contributed by atoms with Crippen LogP contribution in [0, 0.1) is 0 Å². The van der Waals surface area contributed by atoms with Gasteiger partial charge in [-0.3, -0.25) is 4.79 Å². The lowest BCUT2D eigenvalue weighted by molar-refractivity contribution is -0.115. The molecule has 1 fully saturated rings. The van der Waals surface area contributed by atoms with Gasteiger partial charge < -0.3 is 10.3 Å². The molecule has 1 heterocycles. The van der Waals surface area contributed by atoms with E-state index in [2.05, 4.69) is 15.3 Å². The Bertz CT molecular complexity index is 866. The second-order valence-electron chi connectivity index (χ2n) is 5.98. The van der Waals surface area contributed by atoms with Crippen LogP contribution in [-0.4, -0.2) is 15.9 Å². The van der Waals surface area contributed by atoms with Gasteiger partial charge in [0.2, 0.25) is 5.91 Å². The minimum atomic E-state index is -0.0476. The predicted molar refractivity (Wildman–Crippen MR) is 91.9 cm³/mol. The summed E-state index contributed by atoms with van der Waals surface area (Å²) in [6, 6.07) is 13.1. The fraction of sp³-hybridized carbons (Fsp3) is 0.222. The minimum absolute atomic E-state index is 0.0476. The number of benzene rings is 2. The predicted octanol–water partition coefficient (Wildman–Crippen LogP) is 4.27. The Morgan fingerprint density at radius 2 is 2.00 bits per heavy atom. The zero-order chi connectivity index (χ0) is 15.8. The summed E-state index contributed by atoms with van der Waals surface area (Å²) < 4.78 is 0. The van der Waals surface area contributed by atoms with Gasteiger partial charge in [-0.15, -0.1) is 0 Å². The van der Waals surface area contributed by atoms with Gasteiger partial charge in [-0.1, -0.05) is 23.7 Å². The minimum Gasteiger partial charge on any atom is -0.342 e. The van der Waals surface area contributed by atoms with Crippen molar-refractivity contribution in [3.05, 3.63) is 58.9 Å². The first-order chi connectivity index (χ1) is 11.2. The van der Waals surface area contributed by atoms with E-state index in [1.54, 1.807) is 12.1 Å². The molecule has 0 saturated heterocycles. The topological polar surface area (TPSA) is 57.8 Å². The number of aromatic nitrogens is 2. The number of nitrogens with one attached hydrogen (secondary N) is 2. The largest absolute Gasteiger partial charge is 0.342 e. The molecule has 0 spiro atoms. The molecule has 1 saturated carbocycles. The van der Waals surface area contributed by atoms with Gasteiger partial charge in [0.05, 0.1) is 17.5 Å². The number of anilines is 1. The van der Waals surface area contributed by atoms with E-state index in [0.29, 0.717) is 17.4 Å². The number of halogens is 1. The molecule has 1 aliphatic carbocycles. The number of rotatable bonds is 4. The standard InChI is InChI=1S/C18H16ClN3O/c19-13-5-1-11(2-6-13)9-17(23)20-14-7-8-15-16(10-14)22-18(21-15)12-3-4-12/h1-2,5-8,10,12H,3-4,9H2,(H,20,23)(H,21,22). The van der Waals surface area contributed by atoms with E-state index in [9.17, 15) is 4.79 Å². The molecule has 2 aromatic carbocycles. The molecule has 5 heteroatoms. The van der Waals surface area contributed by atoms with Gasteiger partial charge >= 0.3 is 0 Å². The van der Waals surface area contributed by atoms with Crippen molar-refractivity contribution in [2.45, 2.75) is 25.2 Å². The third-order valence-electron chi connectivity index (χ3n) is 4.03. The average molecular weight is 326 g/mol. The van der Waals surface area contributed by atoms with E-state index in [-0.39, 0.29) is 5.91 Å². The third kappa shape index (κ3) is 3.22. The number of hydrogen-bond acceptors (Lipinski definition) is 2. The summed E-state index contributed by atoms with van der Waals surface area (Å²) in [5.74, 6) is 1.60.